The monoisotopic (exact) mass is 812 g/mol. The first-order valence-corrected chi connectivity index (χ1v) is 29.4. The van der Waals surface area contributed by atoms with Crippen LogP contribution in [0.1, 0.15) is 57.2 Å². The van der Waals surface area contributed by atoms with Gasteiger partial charge >= 0.3 is 328 Å². The van der Waals surface area contributed by atoms with E-state index in [0.29, 0.717) is 0 Å². The van der Waals surface area contributed by atoms with Crippen LogP contribution in [0.3, 0.4) is 0 Å². The summed E-state index contributed by atoms with van der Waals surface area (Å²) in [6.45, 7) is 8.95. The third-order valence-electron chi connectivity index (χ3n) is 12.7. The first-order valence-electron chi connectivity index (χ1n) is 19.0. The summed E-state index contributed by atoms with van der Waals surface area (Å²) in [5.74, 6) is 0. The molecule has 54 heavy (non-hydrogen) atoms. The Morgan fingerprint density at radius 2 is 0.796 bits per heavy atom. The quantitative estimate of drug-likeness (QED) is 0.155. The number of hydrogen-bond donors (Lipinski definition) is 0. The van der Waals surface area contributed by atoms with Crippen molar-refractivity contribution in [1.82, 2.24) is 0 Å². The normalized spacial score (nSPS) is 16.9. The van der Waals surface area contributed by atoms with E-state index in [1.807, 2.05) is 0 Å². The summed E-state index contributed by atoms with van der Waals surface area (Å²) in [6, 6.07) is 53.4. The number of fused-ring (bicyclic) bond motifs is 8. The molecule has 2 aliphatic rings. The van der Waals surface area contributed by atoms with Gasteiger partial charge in [-0.25, -0.2) is 0 Å². The first-order chi connectivity index (χ1) is 26.1. The summed E-state index contributed by atoms with van der Waals surface area (Å²) in [5, 5.41) is 10.1. The summed E-state index contributed by atoms with van der Waals surface area (Å²) in [4.78, 5) is 0. The van der Waals surface area contributed by atoms with Gasteiger partial charge in [-0.05, 0) is 0 Å². The molecule has 2 aliphatic carbocycles. The molecule has 8 aromatic carbocycles. The molecule has 0 radical (unpaired) electrons. The van der Waals surface area contributed by atoms with Gasteiger partial charge in [0.15, 0.2) is 0 Å². The fourth-order valence-electron chi connectivity index (χ4n) is 10.3. The van der Waals surface area contributed by atoms with Gasteiger partial charge in [0.05, 0.1) is 0 Å². The van der Waals surface area contributed by atoms with Crippen molar-refractivity contribution in [1.29, 1.82) is 0 Å². The molecule has 0 spiro atoms. The van der Waals surface area contributed by atoms with Crippen molar-refractivity contribution in [2.45, 2.75) is 34.9 Å². The second-order valence-corrected chi connectivity index (χ2v) is 37.5. The van der Waals surface area contributed by atoms with Crippen LogP contribution in [0.4, 0.5) is 0 Å². The number of benzene rings is 8. The standard InChI is InChI=1S/2C24H17.C3H6.2ClH.Zr/c2*1-16-13-17-8-6-12-22(23(17)14-16)24-15-18-7-2-3-9-19(18)20-10-4-5-11-21(20)24;1-3-2;;;/h2*2-15H,1H3;1-2H3;2*1H;/q;;;;;+2/p-2. The molecule has 2 unspecified atom stereocenters. The number of hydrogen-bond acceptors (Lipinski definition) is 0. The van der Waals surface area contributed by atoms with Crippen LogP contribution in [-0.4, -0.2) is 3.21 Å². The number of rotatable bonds is 4. The molecule has 3 heteroatoms. The van der Waals surface area contributed by atoms with E-state index in [4.69, 9.17) is 17.0 Å². The van der Waals surface area contributed by atoms with Crippen LogP contribution in [0.15, 0.2) is 157 Å². The summed E-state index contributed by atoms with van der Waals surface area (Å²) >= 11 is -5.11. The zero-order chi connectivity index (χ0) is 37.0. The van der Waals surface area contributed by atoms with Crippen LogP contribution >= 0.6 is 17.0 Å². The van der Waals surface area contributed by atoms with Gasteiger partial charge in [-0.1, -0.05) is 0 Å². The van der Waals surface area contributed by atoms with Gasteiger partial charge in [-0.15, -0.1) is 0 Å². The Morgan fingerprint density at radius 1 is 0.426 bits per heavy atom. The van der Waals surface area contributed by atoms with Gasteiger partial charge in [-0.3, -0.25) is 0 Å². The fraction of sp³-hybridized carbons (Fsp3) is 0.118. The molecule has 0 bridgehead atoms. The van der Waals surface area contributed by atoms with E-state index >= 15 is 0 Å². The van der Waals surface area contributed by atoms with Gasteiger partial charge < -0.3 is 0 Å². The minimum atomic E-state index is -5.11. The number of allylic oxidation sites excluding steroid dienone is 2. The predicted octanol–water partition coefficient (Wildman–Crippen LogP) is 15.5. The summed E-state index contributed by atoms with van der Waals surface area (Å²) < 4.78 is 1.07. The van der Waals surface area contributed by atoms with Gasteiger partial charge in [0.1, 0.15) is 0 Å². The van der Waals surface area contributed by atoms with Crippen LogP contribution in [0.2, 0.25) is 0 Å². The van der Waals surface area contributed by atoms with E-state index in [1.165, 1.54) is 102 Å². The summed E-state index contributed by atoms with van der Waals surface area (Å²) in [5.41, 5.74) is 12.5. The predicted molar refractivity (Wildman–Crippen MR) is 235 cm³/mol. The first kappa shape index (κ1) is 34.1. The topological polar surface area (TPSA) is 0 Å². The van der Waals surface area contributed by atoms with E-state index in [-0.39, 0.29) is 7.25 Å². The molecule has 0 aliphatic heterocycles. The van der Waals surface area contributed by atoms with Gasteiger partial charge in [0.25, 0.3) is 0 Å². The molecule has 262 valence electrons. The Bertz CT molecular complexity index is 2860. The Morgan fingerprint density at radius 3 is 1.20 bits per heavy atom. The van der Waals surface area contributed by atoms with Crippen LogP contribution in [0.5, 0.6) is 0 Å². The molecule has 0 heterocycles. The fourth-order valence-corrected chi connectivity index (χ4v) is 29.3. The van der Waals surface area contributed by atoms with Crippen LogP contribution in [0, 0.1) is 0 Å². The Hall–Kier alpha value is -4.39. The maximum absolute atomic E-state index is 8.59. The molecule has 0 amide bonds. The van der Waals surface area contributed by atoms with Crippen molar-refractivity contribution < 1.29 is 15.9 Å². The Balaban J connectivity index is 1.17. The van der Waals surface area contributed by atoms with E-state index in [9.17, 15) is 0 Å². The second-order valence-electron chi connectivity index (χ2n) is 15.8. The van der Waals surface area contributed by atoms with Gasteiger partial charge in [0.2, 0.25) is 0 Å². The van der Waals surface area contributed by atoms with E-state index in [2.05, 4.69) is 185 Å². The second kappa shape index (κ2) is 12.3. The molecular formula is C51H40Cl2Zr. The third-order valence-corrected chi connectivity index (χ3v) is 36.0. The molecule has 2 atom stereocenters. The van der Waals surface area contributed by atoms with E-state index in [1.54, 1.807) is 0 Å². The van der Waals surface area contributed by atoms with Crippen molar-refractivity contribution in [3.63, 3.8) is 0 Å². The van der Waals surface area contributed by atoms with Gasteiger partial charge in [-0.2, -0.15) is 0 Å². The molecule has 8 aromatic rings. The molecule has 0 fully saturated rings. The zero-order valence-corrected chi connectivity index (χ0v) is 34.9. The van der Waals surface area contributed by atoms with Gasteiger partial charge in [0, 0.05) is 0 Å². The average Bonchev–Trinajstić information content (AvgIpc) is 3.74. The SMILES string of the molecule is CC1=Cc2c(-c3cc4ccccc4c4ccccc34)cccc2[CH]1[Zr]([Cl])([Cl])(=[C](C)C)[CH]1C(C)=Cc2c(-c3cc4ccccc4c4ccccc34)cccc21. The maximum atomic E-state index is 8.59. The molecule has 0 aromatic heterocycles. The zero-order valence-electron chi connectivity index (χ0n) is 30.9. The van der Waals surface area contributed by atoms with Crippen LogP contribution < -0.4 is 0 Å². The van der Waals surface area contributed by atoms with Crippen molar-refractivity contribution >= 4 is 75.5 Å². The molecule has 0 N–H and O–H groups in total. The molecule has 0 nitrogen and oxygen atoms in total. The Labute approximate surface area is 325 Å². The molecule has 10 rings (SSSR count). The van der Waals surface area contributed by atoms with Crippen molar-refractivity contribution in [2.24, 2.45) is 0 Å². The van der Waals surface area contributed by atoms with E-state index < -0.39 is 15.9 Å². The minimum absolute atomic E-state index is 0.0640. The Kier molecular flexibility index (Phi) is 7.78. The van der Waals surface area contributed by atoms with E-state index in [0.717, 1.165) is 0 Å². The summed E-state index contributed by atoms with van der Waals surface area (Å²) in [7, 11) is 17.2. The summed E-state index contributed by atoms with van der Waals surface area (Å²) in [6.07, 6.45) is 4.79. The van der Waals surface area contributed by atoms with Crippen molar-refractivity contribution in [3.05, 3.63) is 179 Å². The average molecular weight is 815 g/mol. The number of halogens is 2. The van der Waals surface area contributed by atoms with Crippen molar-refractivity contribution in [3.8, 4) is 22.3 Å². The van der Waals surface area contributed by atoms with Crippen molar-refractivity contribution in [2.75, 3.05) is 0 Å². The molecular weight excluding hydrogens is 775 g/mol. The van der Waals surface area contributed by atoms with Crippen LogP contribution in [0.25, 0.3) is 77.5 Å². The van der Waals surface area contributed by atoms with Crippen LogP contribution in [-0.2, 0) is 15.9 Å². The third kappa shape index (κ3) is 4.75. The molecule has 0 saturated carbocycles. The molecule has 0 saturated heterocycles.